The number of hydrogen-bond acceptors (Lipinski definition) is 4. The van der Waals surface area contributed by atoms with Crippen molar-refractivity contribution in [3.05, 3.63) is 35.5 Å². The summed E-state index contributed by atoms with van der Waals surface area (Å²) in [4.78, 5) is 17.7. The van der Waals surface area contributed by atoms with E-state index in [0.29, 0.717) is 12.1 Å². The van der Waals surface area contributed by atoms with Crippen molar-refractivity contribution in [1.29, 1.82) is 0 Å². The first-order valence-electron chi connectivity index (χ1n) is 8.58. The molecule has 1 saturated carbocycles. The average molecular weight is 327 g/mol. The Morgan fingerprint density at radius 3 is 2.71 bits per heavy atom. The van der Waals surface area contributed by atoms with Crippen molar-refractivity contribution < 1.29 is 9.90 Å². The Morgan fingerprint density at radius 1 is 1.33 bits per heavy atom. The molecular weight excluding hydrogens is 302 g/mol. The molecule has 1 heterocycles. The number of aliphatic carboxylic acids is 1. The number of aromatic nitrogens is 1. The Morgan fingerprint density at radius 2 is 2.04 bits per heavy atom. The largest absolute Gasteiger partial charge is 0.480 e. The standard InChI is InChI=1S/C19H25N3O2/c1-4-22(11-18(23)24)15-9-14(10-15)21-19-12(2)13(3)20-17-8-6-5-7-16(17)19/h5-8,14-15H,4,9-11H2,1-3H3,(H,20,21)(H,23,24). The molecule has 1 aliphatic carbocycles. The number of aryl methyl sites for hydroxylation is 1. The first kappa shape index (κ1) is 16.7. The van der Waals surface area contributed by atoms with Crippen LogP contribution in [0.25, 0.3) is 10.9 Å². The molecule has 1 aliphatic rings. The highest BCUT2D eigenvalue weighted by atomic mass is 16.4. The van der Waals surface area contributed by atoms with Gasteiger partial charge in [-0.15, -0.1) is 0 Å². The molecule has 1 fully saturated rings. The molecule has 0 amide bonds. The zero-order valence-electron chi connectivity index (χ0n) is 14.5. The van der Waals surface area contributed by atoms with Crippen LogP contribution in [0.15, 0.2) is 24.3 Å². The third-order valence-corrected chi connectivity index (χ3v) is 5.10. The lowest BCUT2D eigenvalue weighted by atomic mass is 9.85. The average Bonchev–Trinajstić information content (AvgIpc) is 2.51. The van der Waals surface area contributed by atoms with Gasteiger partial charge < -0.3 is 10.4 Å². The monoisotopic (exact) mass is 327 g/mol. The summed E-state index contributed by atoms with van der Waals surface area (Å²) in [6, 6.07) is 8.95. The molecule has 0 atom stereocenters. The first-order chi connectivity index (χ1) is 11.5. The van der Waals surface area contributed by atoms with Crippen molar-refractivity contribution in [2.24, 2.45) is 0 Å². The maximum atomic E-state index is 10.9. The molecule has 2 N–H and O–H groups in total. The van der Waals surface area contributed by atoms with Crippen LogP contribution < -0.4 is 5.32 Å². The summed E-state index contributed by atoms with van der Waals surface area (Å²) >= 11 is 0. The number of hydrogen-bond donors (Lipinski definition) is 2. The fraction of sp³-hybridized carbons (Fsp3) is 0.474. The van der Waals surface area contributed by atoms with Crippen molar-refractivity contribution in [2.75, 3.05) is 18.4 Å². The highest BCUT2D eigenvalue weighted by molar-refractivity contribution is 5.93. The van der Waals surface area contributed by atoms with Gasteiger partial charge in [0.2, 0.25) is 0 Å². The smallest absolute Gasteiger partial charge is 0.317 e. The van der Waals surface area contributed by atoms with Gasteiger partial charge in [-0.1, -0.05) is 25.1 Å². The Balaban J connectivity index is 1.73. The molecule has 1 aromatic carbocycles. The van der Waals surface area contributed by atoms with E-state index in [1.165, 1.54) is 11.3 Å². The molecule has 128 valence electrons. The lowest BCUT2D eigenvalue weighted by Crippen LogP contribution is -2.51. The molecule has 24 heavy (non-hydrogen) atoms. The number of pyridine rings is 1. The van der Waals surface area contributed by atoms with Crippen LogP contribution >= 0.6 is 0 Å². The predicted octanol–water partition coefficient (Wildman–Crippen LogP) is 3.20. The van der Waals surface area contributed by atoms with Crippen LogP contribution in [0.1, 0.15) is 31.0 Å². The summed E-state index contributed by atoms with van der Waals surface area (Å²) in [5.74, 6) is -0.750. The van der Waals surface area contributed by atoms with Gasteiger partial charge in [0, 0.05) is 28.9 Å². The van der Waals surface area contributed by atoms with Crippen molar-refractivity contribution in [1.82, 2.24) is 9.88 Å². The van der Waals surface area contributed by atoms with E-state index >= 15 is 0 Å². The predicted molar refractivity (Wildman–Crippen MR) is 96.5 cm³/mol. The number of likely N-dealkylation sites (N-methyl/N-ethyl adjacent to an activating group) is 1. The van der Waals surface area contributed by atoms with E-state index in [2.05, 4.69) is 23.3 Å². The minimum Gasteiger partial charge on any atom is -0.480 e. The molecule has 0 radical (unpaired) electrons. The number of nitrogens with zero attached hydrogens (tertiary/aromatic N) is 2. The number of anilines is 1. The quantitative estimate of drug-likeness (QED) is 0.853. The normalized spacial score (nSPS) is 20.2. The van der Waals surface area contributed by atoms with E-state index in [0.717, 1.165) is 36.0 Å². The Kier molecular flexibility index (Phi) is 4.71. The minimum atomic E-state index is -0.750. The summed E-state index contributed by atoms with van der Waals surface area (Å²) in [7, 11) is 0. The molecule has 0 saturated heterocycles. The maximum Gasteiger partial charge on any atom is 0.317 e. The fourth-order valence-electron chi connectivity index (χ4n) is 3.50. The first-order valence-corrected chi connectivity index (χ1v) is 8.58. The van der Waals surface area contributed by atoms with Gasteiger partial charge in [-0.2, -0.15) is 0 Å². The van der Waals surface area contributed by atoms with Gasteiger partial charge in [-0.3, -0.25) is 14.7 Å². The lowest BCUT2D eigenvalue weighted by molar-refractivity contribution is -0.139. The van der Waals surface area contributed by atoms with Crippen molar-refractivity contribution in [2.45, 2.75) is 45.7 Å². The van der Waals surface area contributed by atoms with Crippen molar-refractivity contribution in [3.63, 3.8) is 0 Å². The molecule has 5 nitrogen and oxygen atoms in total. The number of para-hydroxylation sites is 1. The van der Waals surface area contributed by atoms with E-state index in [-0.39, 0.29) is 6.54 Å². The van der Waals surface area contributed by atoms with Gasteiger partial charge in [-0.25, -0.2) is 0 Å². The van der Waals surface area contributed by atoms with E-state index in [9.17, 15) is 4.79 Å². The van der Waals surface area contributed by atoms with Crippen LogP contribution in [0.4, 0.5) is 5.69 Å². The molecule has 2 aromatic rings. The molecule has 5 heteroatoms. The van der Waals surface area contributed by atoms with Crippen LogP contribution in [0.2, 0.25) is 0 Å². The van der Waals surface area contributed by atoms with Gasteiger partial charge in [-0.05, 0) is 44.9 Å². The second-order valence-corrected chi connectivity index (χ2v) is 6.64. The zero-order chi connectivity index (χ0) is 17.3. The SMILES string of the molecule is CCN(CC(=O)O)C1CC(Nc2c(C)c(C)nc3ccccc23)C1. The Labute approximate surface area is 142 Å². The van der Waals surface area contributed by atoms with Gasteiger partial charge in [0.1, 0.15) is 0 Å². The van der Waals surface area contributed by atoms with Gasteiger partial charge >= 0.3 is 5.97 Å². The van der Waals surface area contributed by atoms with Gasteiger partial charge in [0.15, 0.2) is 0 Å². The molecule has 0 aliphatic heterocycles. The van der Waals surface area contributed by atoms with Gasteiger partial charge in [0.25, 0.3) is 0 Å². The number of carbonyl (C=O) groups is 1. The maximum absolute atomic E-state index is 10.9. The highest BCUT2D eigenvalue weighted by Crippen LogP contribution is 2.33. The van der Waals surface area contributed by atoms with E-state index in [4.69, 9.17) is 5.11 Å². The van der Waals surface area contributed by atoms with Crippen molar-refractivity contribution in [3.8, 4) is 0 Å². The summed E-state index contributed by atoms with van der Waals surface area (Å²) in [6.07, 6.45) is 1.96. The summed E-state index contributed by atoms with van der Waals surface area (Å²) < 4.78 is 0. The second-order valence-electron chi connectivity index (χ2n) is 6.64. The summed E-state index contributed by atoms with van der Waals surface area (Å²) in [5, 5.41) is 13.8. The van der Waals surface area contributed by atoms with E-state index in [1.54, 1.807) is 0 Å². The van der Waals surface area contributed by atoms with Crippen LogP contribution in [-0.4, -0.2) is 46.1 Å². The fourth-order valence-corrected chi connectivity index (χ4v) is 3.50. The van der Waals surface area contributed by atoms with Crippen LogP contribution in [-0.2, 0) is 4.79 Å². The third-order valence-electron chi connectivity index (χ3n) is 5.10. The number of benzene rings is 1. The van der Waals surface area contributed by atoms with Crippen LogP contribution in [0, 0.1) is 13.8 Å². The zero-order valence-corrected chi connectivity index (χ0v) is 14.5. The number of nitrogens with one attached hydrogen (secondary N) is 1. The molecular formula is C19H25N3O2. The topological polar surface area (TPSA) is 65.5 Å². The number of fused-ring (bicyclic) bond motifs is 1. The number of rotatable bonds is 6. The third kappa shape index (κ3) is 3.22. The second kappa shape index (κ2) is 6.77. The Hall–Kier alpha value is -2.14. The van der Waals surface area contributed by atoms with E-state index < -0.39 is 5.97 Å². The molecule has 3 rings (SSSR count). The molecule has 0 unspecified atom stereocenters. The molecule has 1 aromatic heterocycles. The highest BCUT2D eigenvalue weighted by Gasteiger charge is 2.34. The summed E-state index contributed by atoms with van der Waals surface area (Å²) in [5.41, 5.74) is 4.42. The summed E-state index contributed by atoms with van der Waals surface area (Å²) in [6.45, 7) is 7.08. The van der Waals surface area contributed by atoms with Crippen LogP contribution in [0.5, 0.6) is 0 Å². The van der Waals surface area contributed by atoms with Crippen molar-refractivity contribution >= 4 is 22.6 Å². The minimum absolute atomic E-state index is 0.129. The number of carboxylic acid groups (broad SMARTS) is 1. The lowest BCUT2D eigenvalue weighted by Gasteiger charge is -2.43. The molecule has 0 spiro atoms. The molecule has 0 bridgehead atoms. The van der Waals surface area contributed by atoms with Gasteiger partial charge in [0.05, 0.1) is 12.1 Å². The van der Waals surface area contributed by atoms with Crippen LogP contribution in [0.3, 0.4) is 0 Å². The number of carboxylic acids is 1. The Bertz CT molecular complexity index is 754. The van der Waals surface area contributed by atoms with E-state index in [1.807, 2.05) is 36.9 Å².